The molecule has 1 aromatic heterocycles. The summed E-state index contributed by atoms with van der Waals surface area (Å²) in [5, 5.41) is 0.704. The highest BCUT2D eigenvalue weighted by Crippen LogP contribution is 2.21. The quantitative estimate of drug-likeness (QED) is 0.697. The molecule has 5 heteroatoms. The van der Waals surface area contributed by atoms with Crippen molar-refractivity contribution < 1.29 is 14.2 Å². The van der Waals surface area contributed by atoms with E-state index in [-0.39, 0.29) is 5.43 Å². The molecule has 1 N–H and O–H groups in total. The highest BCUT2D eigenvalue weighted by Gasteiger charge is 2.14. The number of ether oxygens (including phenoxy) is 3. The van der Waals surface area contributed by atoms with Crippen LogP contribution < -0.4 is 14.9 Å². The monoisotopic (exact) mass is 379 g/mol. The number of para-hydroxylation sites is 1. The van der Waals surface area contributed by atoms with Crippen LogP contribution in [0.4, 0.5) is 0 Å². The maximum Gasteiger partial charge on any atom is 0.192 e. The molecule has 146 valence electrons. The van der Waals surface area contributed by atoms with Gasteiger partial charge in [-0.1, -0.05) is 12.1 Å². The third-order valence-corrected chi connectivity index (χ3v) is 5.28. The van der Waals surface area contributed by atoms with Crippen LogP contribution in [0.25, 0.3) is 10.9 Å². The lowest BCUT2D eigenvalue weighted by Crippen LogP contribution is -2.21. The van der Waals surface area contributed by atoms with Crippen LogP contribution in [0.15, 0.2) is 53.3 Å². The minimum Gasteiger partial charge on any atom is -0.493 e. The first-order valence-corrected chi connectivity index (χ1v) is 9.74. The first-order chi connectivity index (χ1) is 13.7. The molecule has 0 unspecified atom stereocenters. The van der Waals surface area contributed by atoms with Gasteiger partial charge in [-0.3, -0.25) is 4.79 Å². The van der Waals surface area contributed by atoms with Crippen molar-refractivity contribution in [3.63, 3.8) is 0 Å². The number of nitrogens with one attached hydrogen (secondary N) is 1. The Labute approximate surface area is 164 Å². The van der Waals surface area contributed by atoms with E-state index in [1.807, 2.05) is 55.5 Å². The Morgan fingerprint density at radius 2 is 1.68 bits per heavy atom. The van der Waals surface area contributed by atoms with Crippen molar-refractivity contribution in [3.05, 3.63) is 70.0 Å². The predicted octanol–water partition coefficient (Wildman–Crippen LogP) is 4.22. The third kappa shape index (κ3) is 4.20. The molecule has 1 aliphatic rings. The molecular formula is C23H25NO4. The second-order valence-electron chi connectivity index (χ2n) is 7.23. The molecule has 2 aromatic carbocycles. The van der Waals surface area contributed by atoms with Crippen LogP contribution >= 0.6 is 0 Å². The Kier molecular flexibility index (Phi) is 5.63. The molecule has 4 rings (SSSR count). The van der Waals surface area contributed by atoms with Gasteiger partial charge in [0.25, 0.3) is 0 Å². The van der Waals surface area contributed by atoms with Gasteiger partial charge in [0.2, 0.25) is 0 Å². The smallest absolute Gasteiger partial charge is 0.192 e. The summed E-state index contributed by atoms with van der Waals surface area (Å²) in [6.07, 6.45) is 2.12. The van der Waals surface area contributed by atoms with Gasteiger partial charge in [-0.15, -0.1) is 0 Å². The Morgan fingerprint density at radius 3 is 2.43 bits per heavy atom. The molecule has 3 aromatic rings. The highest BCUT2D eigenvalue weighted by molar-refractivity contribution is 5.79. The van der Waals surface area contributed by atoms with Gasteiger partial charge < -0.3 is 19.2 Å². The lowest BCUT2D eigenvalue weighted by molar-refractivity contribution is 0.0497. The van der Waals surface area contributed by atoms with Crippen molar-refractivity contribution >= 4 is 10.9 Å². The molecule has 0 amide bonds. The summed E-state index contributed by atoms with van der Waals surface area (Å²) in [6, 6.07) is 15.2. The molecule has 0 aliphatic carbocycles. The van der Waals surface area contributed by atoms with Crippen LogP contribution in [-0.4, -0.2) is 24.8 Å². The number of H-pyrrole nitrogens is 1. The van der Waals surface area contributed by atoms with Gasteiger partial charge in [0.05, 0.1) is 12.3 Å². The Hall–Kier alpha value is -2.79. The molecular weight excluding hydrogens is 354 g/mol. The molecule has 0 bridgehead atoms. The molecule has 1 aliphatic heterocycles. The summed E-state index contributed by atoms with van der Waals surface area (Å²) in [7, 11) is 0. The number of pyridine rings is 1. The fourth-order valence-electron chi connectivity index (χ4n) is 3.44. The fourth-order valence-corrected chi connectivity index (χ4v) is 3.44. The van der Waals surface area contributed by atoms with E-state index in [1.54, 1.807) is 0 Å². The molecule has 28 heavy (non-hydrogen) atoms. The fraction of sp³-hybridized carbons (Fsp3) is 0.348. The minimum atomic E-state index is 0.0461. The van der Waals surface area contributed by atoms with E-state index in [1.165, 1.54) is 0 Å². The molecule has 5 nitrogen and oxygen atoms in total. The van der Waals surface area contributed by atoms with E-state index < -0.39 is 0 Å². The lowest BCUT2D eigenvalue weighted by atomic mass is 10.0. The number of aromatic nitrogens is 1. The Morgan fingerprint density at radius 1 is 1.00 bits per heavy atom. The predicted molar refractivity (Wildman–Crippen MR) is 109 cm³/mol. The summed E-state index contributed by atoms with van der Waals surface area (Å²) < 4.78 is 17.1. The van der Waals surface area contributed by atoms with Gasteiger partial charge in [0.15, 0.2) is 5.43 Å². The second kappa shape index (κ2) is 8.48. The van der Waals surface area contributed by atoms with Crippen molar-refractivity contribution in [2.24, 2.45) is 5.92 Å². The third-order valence-electron chi connectivity index (χ3n) is 5.28. The van der Waals surface area contributed by atoms with Gasteiger partial charge in [-0.05, 0) is 62.1 Å². The van der Waals surface area contributed by atoms with Gasteiger partial charge in [-0.2, -0.15) is 0 Å². The summed E-state index contributed by atoms with van der Waals surface area (Å²) in [4.78, 5) is 15.8. The van der Waals surface area contributed by atoms with E-state index >= 15 is 0 Å². The van der Waals surface area contributed by atoms with Crippen molar-refractivity contribution in [1.29, 1.82) is 0 Å². The summed E-state index contributed by atoms with van der Waals surface area (Å²) in [5.74, 6) is 2.15. The van der Waals surface area contributed by atoms with E-state index in [9.17, 15) is 4.79 Å². The van der Waals surface area contributed by atoms with Crippen LogP contribution in [0.1, 0.15) is 24.1 Å². The maximum atomic E-state index is 12.5. The summed E-state index contributed by atoms with van der Waals surface area (Å²) in [5.41, 5.74) is 2.36. The second-order valence-corrected chi connectivity index (χ2v) is 7.23. The molecule has 1 fully saturated rings. The van der Waals surface area contributed by atoms with Gasteiger partial charge in [0.1, 0.15) is 18.1 Å². The number of fused-ring (bicyclic) bond motifs is 1. The highest BCUT2D eigenvalue weighted by atomic mass is 16.5. The largest absolute Gasteiger partial charge is 0.493 e. The lowest BCUT2D eigenvalue weighted by Gasteiger charge is -2.22. The maximum absolute atomic E-state index is 12.5. The van der Waals surface area contributed by atoms with Gasteiger partial charge in [-0.25, -0.2) is 0 Å². The average molecular weight is 379 g/mol. The zero-order valence-corrected chi connectivity index (χ0v) is 16.1. The molecule has 1 saturated heterocycles. The summed E-state index contributed by atoms with van der Waals surface area (Å²) in [6.45, 7) is 4.53. The number of rotatable bonds is 6. The number of aromatic amines is 1. The van der Waals surface area contributed by atoms with Gasteiger partial charge in [0, 0.05) is 29.7 Å². The normalized spacial score (nSPS) is 14.9. The molecule has 0 atom stereocenters. The average Bonchev–Trinajstić information content (AvgIpc) is 2.75. The SMILES string of the molecule is Cc1c(COc2ccc(OCC3CCOCC3)cc2)[nH]c2ccccc2c1=O. The first-order valence-electron chi connectivity index (χ1n) is 9.74. The number of hydrogen-bond donors (Lipinski definition) is 1. The van der Waals surface area contributed by atoms with E-state index in [0.717, 1.165) is 55.4 Å². The van der Waals surface area contributed by atoms with Crippen LogP contribution in [0.3, 0.4) is 0 Å². The topological polar surface area (TPSA) is 60.6 Å². The first kappa shape index (κ1) is 18.6. The molecule has 2 heterocycles. The number of hydrogen-bond acceptors (Lipinski definition) is 4. The zero-order valence-electron chi connectivity index (χ0n) is 16.1. The Balaban J connectivity index is 1.38. The molecule has 0 saturated carbocycles. The summed E-state index contributed by atoms with van der Waals surface area (Å²) >= 11 is 0. The van der Waals surface area contributed by atoms with Crippen LogP contribution in [0.2, 0.25) is 0 Å². The minimum absolute atomic E-state index is 0.0461. The van der Waals surface area contributed by atoms with E-state index in [2.05, 4.69) is 4.98 Å². The van der Waals surface area contributed by atoms with E-state index in [4.69, 9.17) is 14.2 Å². The zero-order chi connectivity index (χ0) is 19.3. The van der Waals surface area contributed by atoms with Crippen LogP contribution in [0, 0.1) is 12.8 Å². The molecule has 0 radical (unpaired) electrons. The van der Waals surface area contributed by atoms with Crippen LogP contribution in [-0.2, 0) is 11.3 Å². The van der Waals surface area contributed by atoms with Crippen LogP contribution in [0.5, 0.6) is 11.5 Å². The van der Waals surface area contributed by atoms with Crippen molar-refractivity contribution in [2.75, 3.05) is 19.8 Å². The van der Waals surface area contributed by atoms with Crippen molar-refractivity contribution in [2.45, 2.75) is 26.4 Å². The van der Waals surface area contributed by atoms with Crippen molar-refractivity contribution in [1.82, 2.24) is 4.98 Å². The molecule has 0 spiro atoms. The van der Waals surface area contributed by atoms with Gasteiger partial charge >= 0.3 is 0 Å². The Bertz CT molecular complexity index is 988. The van der Waals surface area contributed by atoms with E-state index in [0.29, 0.717) is 23.5 Å². The standard InChI is InChI=1S/C23H25NO4/c1-16-22(24-21-5-3-2-4-20(21)23(16)25)15-28-19-8-6-18(7-9-19)27-14-17-10-12-26-13-11-17/h2-9,17H,10-15H2,1H3,(H,24,25). The number of benzene rings is 2. The van der Waals surface area contributed by atoms with Crippen molar-refractivity contribution in [3.8, 4) is 11.5 Å².